The van der Waals surface area contributed by atoms with Gasteiger partial charge >= 0.3 is 0 Å². The second-order valence-electron chi connectivity index (χ2n) is 7.07. The van der Waals surface area contributed by atoms with Gasteiger partial charge in [-0.1, -0.05) is 30.6 Å². The Balaban J connectivity index is 1.54. The molecule has 3 fully saturated rings. The molecule has 0 aromatic carbocycles. The van der Waals surface area contributed by atoms with Crippen molar-refractivity contribution in [2.75, 3.05) is 37.6 Å². The van der Waals surface area contributed by atoms with Crippen LogP contribution in [0.2, 0.25) is 0 Å². The highest BCUT2D eigenvalue weighted by Gasteiger charge is 2.40. The van der Waals surface area contributed by atoms with Crippen molar-refractivity contribution >= 4 is 22.2 Å². The van der Waals surface area contributed by atoms with Crippen LogP contribution in [0.3, 0.4) is 0 Å². The Morgan fingerprint density at radius 1 is 1.16 bits per heavy atom. The minimum Gasteiger partial charge on any atom is -0.307 e. The second kappa shape index (κ2) is 6.89. The number of hydrogen-bond donors (Lipinski definition) is 0. The van der Waals surface area contributed by atoms with E-state index >= 15 is 0 Å². The van der Waals surface area contributed by atoms with Crippen molar-refractivity contribution in [3.05, 3.63) is 11.0 Å². The monoisotopic (exact) mass is 363 g/mol. The molecule has 25 heavy (non-hydrogen) atoms. The maximum absolute atomic E-state index is 14.5. The van der Waals surface area contributed by atoms with Gasteiger partial charge in [0.25, 0.3) is 0 Å². The van der Waals surface area contributed by atoms with E-state index in [1.54, 1.807) is 9.80 Å². The molecular weight excluding hydrogens is 341 g/mol. The third-order valence-electron chi connectivity index (χ3n) is 5.58. The van der Waals surface area contributed by atoms with Crippen molar-refractivity contribution in [1.82, 2.24) is 14.8 Å². The van der Waals surface area contributed by atoms with Crippen molar-refractivity contribution < 1.29 is 9.18 Å². The number of nitrogens with zero attached hydrogens (tertiary/aromatic N) is 5. The zero-order valence-electron chi connectivity index (χ0n) is 14.2. The van der Waals surface area contributed by atoms with E-state index in [1.165, 1.54) is 30.6 Å². The van der Waals surface area contributed by atoms with Gasteiger partial charge in [0.05, 0.1) is 6.54 Å². The molecule has 8 heteroatoms. The number of halogens is 1. The summed E-state index contributed by atoms with van der Waals surface area (Å²) in [7, 11) is 0. The normalized spacial score (nSPS) is 25.8. The van der Waals surface area contributed by atoms with Crippen LogP contribution in [0.15, 0.2) is 0 Å². The number of carbonyl (C=O) groups excluding carboxylic acids is 1. The molecule has 1 aromatic heterocycles. The summed E-state index contributed by atoms with van der Waals surface area (Å²) in [4.78, 5) is 22.4. The van der Waals surface area contributed by atoms with Crippen LogP contribution in [0, 0.1) is 17.4 Å². The molecule has 0 bridgehead atoms. The minimum atomic E-state index is -0.514. The number of amides is 1. The smallest absolute Gasteiger partial charge is 0.248 e. The molecule has 1 aromatic rings. The van der Waals surface area contributed by atoms with Gasteiger partial charge in [-0.05, 0) is 12.8 Å². The van der Waals surface area contributed by atoms with Crippen LogP contribution in [0.1, 0.15) is 43.0 Å². The molecule has 2 saturated heterocycles. The highest BCUT2D eigenvalue weighted by Crippen LogP contribution is 2.39. The Bertz CT molecular complexity index is 696. The van der Waals surface area contributed by atoms with Crippen molar-refractivity contribution in [3.63, 3.8) is 0 Å². The van der Waals surface area contributed by atoms with E-state index in [9.17, 15) is 9.18 Å². The first-order valence-electron chi connectivity index (χ1n) is 9.03. The molecule has 1 amide bonds. The molecular formula is C17H22FN5OS. The SMILES string of the molecule is N#CN1CCN2CCN(c3sc(C4CCCCC4)nc3F)C(=O)[C@H]2C1. The highest BCUT2D eigenvalue weighted by atomic mass is 32.1. The lowest BCUT2D eigenvalue weighted by molar-refractivity contribution is -0.127. The zero-order chi connectivity index (χ0) is 17.4. The number of nitriles is 1. The summed E-state index contributed by atoms with van der Waals surface area (Å²) >= 11 is 1.34. The first kappa shape index (κ1) is 16.7. The third-order valence-corrected chi connectivity index (χ3v) is 6.80. The molecule has 1 saturated carbocycles. The molecule has 1 atom stereocenters. The van der Waals surface area contributed by atoms with Crippen molar-refractivity contribution in [2.24, 2.45) is 0 Å². The summed E-state index contributed by atoms with van der Waals surface area (Å²) in [5, 5.41) is 10.3. The number of anilines is 1. The standard InChI is InChI=1S/C17H22FN5OS/c18-14-17(25-15(20-14)12-4-2-1-3-5-12)23-9-8-22-7-6-21(11-19)10-13(22)16(23)24/h12-13H,1-10H2/t13-/m1/s1. The van der Waals surface area contributed by atoms with Crippen molar-refractivity contribution in [3.8, 4) is 6.19 Å². The van der Waals surface area contributed by atoms with Crippen LogP contribution in [0.5, 0.6) is 0 Å². The van der Waals surface area contributed by atoms with Gasteiger partial charge in [-0.3, -0.25) is 14.6 Å². The molecule has 134 valence electrons. The fourth-order valence-corrected chi connectivity index (χ4v) is 5.28. The number of carbonyl (C=O) groups is 1. The predicted octanol–water partition coefficient (Wildman–Crippen LogP) is 2.14. The Morgan fingerprint density at radius 2 is 1.92 bits per heavy atom. The molecule has 0 radical (unpaired) electrons. The predicted molar refractivity (Wildman–Crippen MR) is 92.8 cm³/mol. The Labute approximate surface area is 150 Å². The molecule has 2 aliphatic heterocycles. The number of thiazole rings is 1. The topological polar surface area (TPSA) is 63.5 Å². The van der Waals surface area contributed by atoms with E-state index in [1.807, 2.05) is 0 Å². The van der Waals surface area contributed by atoms with Crippen LogP contribution in [0.4, 0.5) is 9.39 Å². The molecule has 3 aliphatic rings. The van der Waals surface area contributed by atoms with Crippen LogP contribution >= 0.6 is 11.3 Å². The fraction of sp³-hybridized carbons (Fsp3) is 0.706. The van der Waals surface area contributed by atoms with Crippen LogP contribution in [-0.4, -0.2) is 59.5 Å². The zero-order valence-corrected chi connectivity index (χ0v) is 15.0. The second-order valence-corrected chi connectivity index (χ2v) is 8.08. The van der Waals surface area contributed by atoms with E-state index in [2.05, 4.69) is 16.1 Å². The van der Waals surface area contributed by atoms with Gasteiger partial charge in [0.15, 0.2) is 11.2 Å². The van der Waals surface area contributed by atoms with E-state index in [0.29, 0.717) is 43.6 Å². The average molecular weight is 363 g/mol. The summed E-state index contributed by atoms with van der Waals surface area (Å²) in [6, 6.07) is -0.359. The first-order chi connectivity index (χ1) is 12.2. The number of hydrogen-bond acceptors (Lipinski definition) is 6. The van der Waals surface area contributed by atoms with Gasteiger partial charge in [-0.15, -0.1) is 0 Å². The average Bonchev–Trinajstić information content (AvgIpc) is 3.04. The molecule has 0 unspecified atom stereocenters. The lowest BCUT2D eigenvalue weighted by Crippen LogP contribution is -2.64. The minimum absolute atomic E-state index is 0.107. The lowest BCUT2D eigenvalue weighted by atomic mass is 9.90. The van der Waals surface area contributed by atoms with Gasteiger partial charge in [-0.25, -0.2) is 4.98 Å². The molecule has 3 heterocycles. The number of rotatable bonds is 2. The summed E-state index contributed by atoms with van der Waals surface area (Å²) < 4.78 is 14.5. The maximum Gasteiger partial charge on any atom is 0.248 e. The first-order valence-corrected chi connectivity index (χ1v) is 9.85. The fourth-order valence-electron chi connectivity index (χ4n) is 4.13. The number of piperazine rings is 2. The van der Waals surface area contributed by atoms with Crippen LogP contribution in [0.25, 0.3) is 0 Å². The van der Waals surface area contributed by atoms with Gasteiger partial charge in [-0.2, -0.15) is 9.65 Å². The number of fused-ring (bicyclic) bond motifs is 1. The quantitative estimate of drug-likeness (QED) is 0.754. The van der Waals surface area contributed by atoms with Gasteiger partial charge in [0.1, 0.15) is 11.0 Å². The van der Waals surface area contributed by atoms with Crippen molar-refractivity contribution in [2.45, 2.75) is 44.1 Å². The molecule has 1 aliphatic carbocycles. The van der Waals surface area contributed by atoms with Gasteiger partial charge in [0, 0.05) is 32.1 Å². The Hall–Kier alpha value is -1.72. The van der Waals surface area contributed by atoms with E-state index < -0.39 is 5.95 Å². The third kappa shape index (κ3) is 3.11. The molecule has 0 spiro atoms. The molecule has 0 N–H and O–H groups in total. The van der Waals surface area contributed by atoms with E-state index in [-0.39, 0.29) is 11.9 Å². The summed E-state index contributed by atoms with van der Waals surface area (Å²) in [6.07, 6.45) is 7.84. The summed E-state index contributed by atoms with van der Waals surface area (Å²) in [6.45, 7) is 2.95. The lowest BCUT2D eigenvalue weighted by Gasteiger charge is -2.44. The summed E-state index contributed by atoms with van der Waals surface area (Å²) in [5.74, 6) is -0.286. The van der Waals surface area contributed by atoms with E-state index in [0.717, 1.165) is 17.8 Å². The van der Waals surface area contributed by atoms with Crippen LogP contribution in [-0.2, 0) is 4.79 Å². The molecule has 6 nitrogen and oxygen atoms in total. The van der Waals surface area contributed by atoms with E-state index in [4.69, 9.17) is 5.26 Å². The van der Waals surface area contributed by atoms with Crippen molar-refractivity contribution in [1.29, 1.82) is 5.26 Å². The maximum atomic E-state index is 14.5. The van der Waals surface area contributed by atoms with Gasteiger partial charge < -0.3 is 4.90 Å². The largest absolute Gasteiger partial charge is 0.307 e. The Morgan fingerprint density at radius 3 is 2.68 bits per heavy atom. The Kier molecular flexibility index (Phi) is 4.61. The molecule has 4 rings (SSSR count). The van der Waals surface area contributed by atoms with Gasteiger partial charge in [0.2, 0.25) is 11.9 Å². The number of aromatic nitrogens is 1. The summed E-state index contributed by atoms with van der Waals surface area (Å²) in [5.41, 5.74) is 0. The van der Waals surface area contributed by atoms with Crippen LogP contribution < -0.4 is 4.90 Å². The highest BCUT2D eigenvalue weighted by molar-refractivity contribution is 7.16.